The maximum absolute atomic E-state index is 13.0. The Balaban J connectivity index is 2.66. The molecule has 1 aliphatic heterocycles. The van der Waals surface area contributed by atoms with Crippen LogP contribution in [0.3, 0.4) is 0 Å². The molecule has 0 aliphatic carbocycles. The second-order valence-electron chi connectivity index (χ2n) is 17.1. The van der Waals surface area contributed by atoms with E-state index in [1.165, 1.54) is 4.90 Å². The monoisotopic (exact) mass is 1080 g/mol. The molecule has 424 valence electrons. The molecule has 6 amide bonds. The first-order chi connectivity index (χ1) is 35.3. The van der Waals surface area contributed by atoms with Gasteiger partial charge in [-0.3, -0.25) is 77.3 Å². The molecule has 0 aromatic heterocycles. The smallest absolute Gasteiger partial charge is 0.326 e. The first-order valence-corrected chi connectivity index (χ1v) is 23.6. The van der Waals surface area contributed by atoms with E-state index >= 15 is 0 Å². The molecule has 33 heteroatoms. The van der Waals surface area contributed by atoms with E-state index in [2.05, 4.69) is 26.6 Å². The Morgan fingerprint density at radius 2 is 0.760 bits per heavy atom. The lowest BCUT2D eigenvalue weighted by Gasteiger charge is -2.32. The summed E-state index contributed by atoms with van der Waals surface area (Å²) in [5.74, 6) is -12.9. The second kappa shape index (κ2) is 36.6. The summed E-state index contributed by atoms with van der Waals surface area (Å²) in [6.07, 6.45) is -0.796. The van der Waals surface area contributed by atoms with Gasteiger partial charge in [0.1, 0.15) is 12.1 Å². The molecule has 0 saturated carbocycles. The zero-order valence-corrected chi connectivity index (χ0v) is 41.3. The van der Waals surface area contributed by atoms with Crippen molar-refractivity contribution in [2.75, 3.05) is 144 Å². The Hall–Kier alpha value is -7.33. The summed E-state index contributed by atoms with van der Waals surface area (Å²) < 4.78 is 0. The zero-order valence-electron chi connectivity index (χ0n) is 41.3. The summed E-state index contributed by atoms with van der Waals surface area (Å²) in [5.41, 5.74) is 0. The third-order valence-corrected chi connectivity index (χ3v) is 10.9. The number of carbonyl (C=O) groups is 13. The summed E-state index contributed by atoms with van der Waals surface area (Å²) in [5, 5.41) is 88.6. The van der Waals surface area contributed by atoms with E-state index in [0.717, 1.165) is 4.90 Å². The Morgan fingerprint density at radius 3 is 1.15 bits per heavy atom. The predicted molar refractivity (Wildman–Crippen MR) is 254 cm³/mol. The fourth-order valence-corrected chi connectivity index (χ4v) is 7.14. The number of nitrogens with zero attached hydrogens (tertiary/aromatic N) is 6. The van der Waals surface area contributed by atoms with Gasteiger partial charge in [0.25, 0.3) is 0 Å². The SMILES string of the molecule is O=C(O)CC[C@H](NC(=O)N[C@@H](CCCCNC(=O)CNC(=O)CN(CCN(CC(=O)O)CC(=O)NCCNC(=O)CN1CCN(CC(=O)O)CCN(CC(=O)O)CCN(CC(=O)O)CC1)CC(=O)O)C(=O)O)C(=O)O. The maximum Gasteiger partial charge on any atom is 0.326 e. The van der Waals surface area contributed by atoms with E-state index in [1.807, 2.05) is 5.32 Å². The average molecular weight is 1080 g/mol. The van der Waals surface area contributed by atoms with Crippen molar-refractivity contribution in [1.82, 2.24) is 61.3 Å². The standard InChI is InChI=1S/C42H70N12O21/c55-30(43-6-2-1-3-28(40(71)72)47-42(75)48-29(41(73)74)4-5-34(59)60)19-46-33(58)22-54(27-39(69)70)18-17-53(26-38(67)68)21-32(57)45-8-7-44-31(56)20-49-9-11-50(23-35(61)62)13-15-52(25-37(65)66)16-14-51(12-10-49)24-36(63)64/h28-29H,1-27H2,(H,43,55)(H,44,56)(H,45,57)(H,46,58)(H,59,60)(H,61,62)(H,63,64)(H,65,66)(H,67,68)(H,69,70)(H,71,72)(H,73,74)(H2,47,48,75)/t28-,29-/m0/s1. The van der Waals surface area contributed by atoms with Crippen molar-refractivity contribution in [3.63, 3.8) is 0 Å². The van der Waals surface area contributed by atoms with Crippen molar-refractivity contribution < 1.29 is 103 Å². The van der Waals surface area contributed by atoms with Gasteiger partial charge >= 0.3 is 53.8 Å². The fraction of sp³-hybridized carbons (Fsp3) is 0.690. The third kappa shape index (κ3) is 33.9. The molecule has 1 rings (SSSR count). The average Bonchev–Trinajstić information content (AvgIpc) is 3.29. The number of aliphatic carboxylic acids is 8. The molecule has 1 saturated heterocycles. The Labute approximate surface area is 429 Å². The molecule has 33 nitrogen and oxygen atoms in total. The minimum absolute atomic E-state index is 0.00576. The highest BCUT2D eigenvalue weighted by Gasteiger charge is 2.26. The van der Waals surface area contributed by atoms with Crippen LogP contribution in [-0.4, -0.2) is 304 Å². The van der Waals surface area contributed by atoms with E-state index in [0.29, 0.717) is 0 Å². The largest absolute Gasteiger partial charge is 0.481 e. The molecule has 0 bridgehead atoms. The Bertz CT molecular complexity index is 1930. The van der Waals surface area contributed by atoms with Crippen molar-refractivity contribution in [2.24, 2.45) is 0 Å². The van der Waals surface area contributed by atoms with Crippen LogP contribution in [0, 0.1) is 0 Å². The van der Waals surface area contributed by atoms with E-state index in [4.69, 9.17) is 5.11 Å². The molecule has 0 aromatic carbocycles. The van der Waals surface area contributed by atoms with Gasteiger partial charge in [0, 0.05) is 91.5 Å². The summed E-state index contributed by atoms with van der Waals surface area (Å²) in [7, 11) is 0. The molecule has 75 heavy (non-hydrogen) atoms. The first kappa shape index (κ1) is 65.7. The molecule has 0 radical (unpaired) electrons. The molecule has 0 unspecified atom stereocenters. The number of unbranched alkanes of at least 4 members (excludes halogenated alkanes) is 1. The molecule has 1 heterocycles. The topological polar surface area (TPSA) is 475 Å². The number of urea groups is 1. The lowest BCUT2D eigenvalue weighted by Crippen LogP contribution is -2.51. The highest BCUT2D eigenvalue weighted by atomic mass is 16.4. The summed E-state index contributed by atoms with van der Waals surface area (Å²) in [6, 6.07) is -4.19. The van der Waals surface area contributed by atoms with Crippen molar-refractivity contribution in [1.29, 1.82) is 0 Å². The summed E-state index contributed by atoms with van der Waals surface area (Å²) in [6.45, 7) is -3.20. The van der Waals surface area contributed by atoms with E-state index in [1.54, 1.807) is 19.6 Å². The van der Waals surface area contributed by atoms with Crippen molar-refractivity contribution in [2.45, 2.75) is 44.2 Å². The van der Waals surface area contributed by atoms with Crippen LogP contribution in [0.1, 0.15) is 32.1 Å². The molecule has 0 aromatic rings. The quantitative estimate of drug-likeness (QED) is 0.0259. The molecule has 2 atom stereocenters. The highest BCUT2D eigenvalue weighted by molar-refractivity contribution is 5.87. The minimum atomic E-state index is -1.59. The van der Waals surface area contributed by atoms with Gasteiger partial charge in [-0.1, -0.05) is 0 Å². The highest BCUT2D eigenvalue weighted by Crippen LogP contribution is 2.05. The maximum atomic E-state index is 13.0. The van der Waals surface area contributed by atoms with Gasteiger partial charge < -0.3 is 72.8 Å². The summed E-state index contributed by atoms with van der Waals surface area (Å²) in [4.78, 5) is 163. The number of nitrogens with one attached hydrogen (secondary N) is 6. The molecular weight excluding hydrogens is 1010 g/mol. The number of rotatable bonds is 36. The summed E-state index contributed by atoms with van der Waals surface area (Å²) >= 11 is 0. The number of hydrogen-bond donors (Lipinski definition) is 14. The molecule has 1 aliphatic rings. The van der Waals surface area contributed by atoms with Gasteiger partial charge in [-0.2, -0.15) is 0 Å². The number of carbonyl (C=O) groups excluding carboxylic acids is 5. The van der Waals surface area contributed by atoms with Crippen LogP contribution in [0.5, 0.6) is 0 Å². The number of hydrogen-bond acceptors (Lipinski definition) is 19. The van der Waals surface area contributed by atoms with Gasteiger partial charge in [-0.25, -0.2) is 14.4 Å². The Kier molecular flexibility index (Phi) is 32.0. The van der Waals surface area contributed by atoms with Crippen molar-refractivity contribution in [3.05, 3.63) is 0 Å². The second-order valence-corrected chi connectivity index (χ2v) is 17.1. The van der Waals surface area contributed by atoms with Gasteiger partial charge in [-0.05, 0) is 25.7 Å². The van der Waals surface area contributed by atoms with Crippen molar-refractivity contribution in [3.8, 4) is 0 Å². The van der Waals surface area contributed by atoms with Crippen LogP contribution >= 0.6 is 0 Å². The number of amides is 6. The lowest BCUT2D eigenvalue weighted by atomic mass is 10.1. The van der Waals surface area contributed by atoms with Gasteiger partial charge in [0.2, 0.25) is 23.6 Å². The normalized spacial score (nSPS) is 15.0. The first-order valence-electron chi connectivity index (χ1n) is 23.6. The van der Waals surface area contributed by atoms with Crippen LogP contribution < -0.4 is 31.9 Å². The van der Waals surface area contributed by atoms with Crippen LogP contribution in [0.15, 0.2) is 0 Å². The third-order valence-electron chi connectivity index (χ3n) is 10.9. The fourth-order valence-electron chi connectivity index (χ4n) is 7.14. The van der Waals surface area contributed by atoms with Gasteiger partial charge in [0.15, 0.2) is 0 Å². The minimum Gasteiger partial charge on any atom is -0.481 e. The number of carboxylic acids is 8. The van der Waals surface area contributed by atoms with E-state index in [-0.39, 0.29) is 131 Å². The van der Waals surface area contributed by atoms with Crippen LogP contribution in [0.4, 0.5) is 4.79 Å². The van der Waals surface area contributed by atoms with E-state index in [9.17, 15) is 98.1 Å². The van der Waals surface area contributed by atoms with Gasteiger partial charge in [0.05, 0.1) is 58.9 Å². The van der Waals surface area contributed by atoms with Crippen LogP contribution in [-0.2, 0) is 57.5 Å². The van der Waals surface area contributed by atoms with Crippen LogP contribution in [0.25, 0.3) is 0 Å². The van der Waals surface area contributed by atoms with Crippen molar-refractivity contribution >= 4 is 77.4 Å². The van der Waals surface area contributed by atoms with Crippen LogP contribution in [0.2, 0.25) is 0 Å². The molecule has 14 N–H and O–H groups in total. The predicted octanol–water partition coefficient (Wildman–Crippen LogP) is -7.06. The lowest BCUT2D eigenvalue weighted by molar-refractivity contribution is -0.141. The van der Waals surface area contributed by atoms with E-state index < -0.39 is 135 Å². The zero-order chi connectivity index (χ0) is 56.5. The number of carboxylic acid groups (broad SMARTS) is 8. The Morgan fingerprint density at radius 1 is 0.387 bits per heavy atom. The molecule has 0 spiro atoms. The molecular formula is C42H70N12O21. The van der Waals surface area contributed by atoms with Gasteiger partial charge in [-0.15, -0.1) is 0 Å². The molecule has 1 fully saturated rings.